The second-order valence-electron chi connectivity index (χ2n) is 8.87. The van der Waals surface area contributed by atoms with Gasteiger partial charge in [-0.1, -0.05) is 161 Å². The molecule has 0 fully saturated rings. The minimum Gasteiger partial charge on any atom is -0.550 e. The summed E-state index contributed by atoms with van der Waals surface area (Å²) in [5, 5.41) is 20.4. The number of carboxylic acids is 2. The van der Waals surface area contributed by atoms with Crippen LogP contribution in [0.4, 0.5) is 0 Å². The number of carbonyl (C=O) groups excluding carboxylic acids is 2. The van der Waals surface area contributed by atoms with Crippen LogP contribution in [0.1, 0.15) is 146 Å². The molecule has 36 heavy (non-hydrogen) atoms. The predicted molar refractivity (Wildman–Crippen MR) is 152 cm³/mol. The first-order valence-electron chi connectivity index (χ1n) is 13.9. The number of unbranched alkanes of at least 4 members (excludes halogenated alkanes) is 13. The van der Waals surface area contributed by atoms with Gasteiger partial charge in [-0.3, -0.25) is 0 Å². The molecule has 0 spiro atoms. The number of benzene rings is 1. The van der Waals surface area contributed by atoms with E-state index in [2.05, 4.69) is 34.6 Å². The third-order valence-corrected chi connectivity index (χ3v) is 5.23. The van der Waals surface area contributed by atoms with Gasteiger partial charge in [-0.25, -0.2) is 0 Å². The van der Waals surface area contributed by atoms with Gasteiger partial charge < -0.3 is 19.8 Å². The fourth-order valence-electron chi connectivity index (χ4n) is 2.80. The number of hydrogen-bond acceptors (Lipinski definition) is 4. The number of carboxylic acid groups (broad SMARTS) is 2. The molecule has 206 valence electrons. The van der Waals surface area contributed by atoms with E-state index in [9.17, 15) is 19.8 Å². The summed E-state index contributed by atoms with van der Waals surface area (Å²) in [6.45, 7) is 15.6. The van der Waals surface area contributed by atoms with Gasteiger partial charge in [0.2, 0.25) is 0 Å². The normalized spacial score (nSPS) is 9.28. The predicted octanol–water partition coefficient (Wildman–Crippen LogP) is 7.05. The van der Waals surface area contributed by atoms with E-state index >= 15 is 0 Å². The maximum Gasteiger partial charge on any atom is 2.00 e. The molecule has 5 heteroatoms. The van der Waals surface area contributed by atoms with Gasteiger partial charge in [0.15, 0.2) is 0 Å². The topological polar surface area (TPSA) is 80.3 Å². The molecule has 0 amide bonds. The molecular weight excluding hydrogens is 555 g/mol. The number of aryl methyl sites for hydroxylation is 1. The molecule has 0 aliphatic heterocycles. The molecule has 4 radical (unpaired) electrons. The van der Waals surface area contributed by atoms with Crippen LogP contribution in [0.15, 0.2) is 24.3 Å². The van der Waals surface area contributed by atoms with E-state index in [1.807, 2.05) is 6.92 Å². The molecule has 1 aromatic carbocycles. The van der Waals surface area contributed by atoms with Crippen LogP contribution in [0.5, 0.6) is 0 Å². The van der Waals surface area contributed by atoms with Crippen LogP contribution in [-0.2, 0) is 4.79 Å². The summed E-state index contributed by atoms with van der Waals surface area (Å²) >= 11 is 0. The molecule has 0 aliphatic rings. The van der Waals surface area contributed by atoms with Crippen LogP contribution >= 0.6 is 0 Å². The summed E-state index contributed by atoms with van der Waals surface area (Å²) in [6.07, 6.45) is 20.0. The minimum atomic E-state index is -1.12. The van der Waals surface area contributed by atoms with E-state index in [-0.39, 0.29) is 35.9 Å². The summed E-state index contributed by atoms with van der Waals surface area (Å²) in [7, 11) is 0. The van der Waals surface area contributed by atoms with Crippen LogP contribution < -0.4 is 10.2 Å². The van der Waals surface area contributed by atoms with Crippen molar-refractivity contribution in [2.24, 2.45) is 0 Å². The molecule has 0 atom stereocenters. The van der Waals surface area contributed by atoms with Crippen LogP contribution in [0, 0.1) is 20.8 Å². The van der Waals surface area contributed by atoms with Crippen molar-refractivity contribution in [1.29, 1.82) is 0 Å². The fourth-order valence-corrected chi connectivity index (χ4v) is 2.80. The number of carbonyl (C=O) groups is 2. The van der Waals surface area contributed by atoms with E-state index in [1.54, 1.807) is 12.1 Å². The average Bonchev–Trinajstić information content (AvgIpc) is 2.85. The third kappa shape index (κ3) is 40.1. The molecule has 0 saturated carbocycles. The zero-order valence-electron chi connectivity index (χ0n) is 23.9. The number of rotatable bonds is 16. The van der Waals surface area contributed by atoms with Crippen molar-refractivity contribution in [1.82, 2.24) is 0 Å². The van der Waals surface area contributed by atoms with Crippen LogP contribution in [0.25, 0.3) is 0 Å². The molecule has 1 aromatic rings. The van der Waals surface area contributed by atoms with Crippen molar-refractivity contribution in [3.05, 3.63) is 49.2 Å². The van der Waals surface area contributed by atoms with Crippen LogP contribution in [0.3, 0.4) is 0 Å². The van der Waals surface area contributed by atoms with Gasteiger partial charge >= 0.3 is 23.9 Å². The molecular formula is C31H54O4Sn. The quantitative estimate of drug-likeness (QED) is 0.149. The molecule has 4 nitrogen and oxygen atoms in total. The molecule has 0 saturated heterocycles. The van der Waals surface area contributed by atoms with Crippen molar-refractivity contribution in [2.45, 2.75) is 137 Å². The Balaban J connectivity index is -0.000000226. The van der Waals surface area contributed by atoms with E-state index in [0.29, 0.717) is 0 Å². The first-order valence-corrected chi connectivity index (χ1v) is 13.9. The number of aliphatic carboxylic acids is 1. The second kappa shape index (κ2) is 36.1. The van der Waals surface area contributed by atoms with Gasteiger partial charge in [0.25, 0.3) is 0 Å². The average molecular weight is 609 g/mol. The summed E-state index contributed by atoms with van der Waals surface area (Å²) < 4.78 is 0. The Bertz CT molecular complexity index is 550. The largest absolute Gasteiger partial charge is 2.00 e. The zero-order chi connectivity index (χ0) is 27.2. The fraction of sp³-hybridized carbons (Fsp3) is 0.677. The van der Waals surface area contributed by atoms with Gasteiger partial charge in [0.05, 0.1) is 5.97 Å². The van der Waals surface area contributed by atoms with Crippen molar-refractivity contribution in [3.63, 3.8) is 0 Å². The molecule has 0 unspecified atom stereocenters. The van der Waals surface area contributed by atoms with Crippen LogP contribution in [0.2, 0.25) is 0 Å². The Kier molecular flexibility index (Phi) is 42.2. The second-order valence-corrected chi connectivity index (χ2v) is 8.87. The van der Waals surface area contributed by atoms with E-state index in [4.69, 9.17) is 0 Å². The Hall–Kier alpha value is -1.04. The van der Waals surface area contributed by atoms with Crippen molar-refractivity contribution < 1.29 is 19.8 Å². The van der Waals surface area contributed by atoms with Crippen LogP contribution in [-0.4, -0.2) is 35.8 Å². The first kappa shape index (κ1) is 42.1. The Morgan fingerprint density at radius 1 is 0.639 bits per heavy atom. The molecule has 0 N–H and O–H groups in total. The summed E-state index contributed by atoms with van der Waals surface area (Å²) in [4.78, 5) is 20.4. The van der Waals surface area contributed by atoms with Gasteiger partial charge in [-0.15, -0.1) is 0 Å². The van der Waals surface area contributed by atoms with E-state index in [0.717, 1.165) is 31.2 Å². The van der Waals surface area contributed by atoms with Gasteiger partial charge in [-0.2, -0.15) is 0 Å². The monoisotopic (exact) mass is 610 g/mol. The maximum atomic E-state index is 10.2. The first-order chi connectivity index (χ1) is 16.8. The summed E-state index contributed by atoms with van der Waals surface area (Å²) in [5.74, 6) is -2.03. The maximum absolute atomic E-state index is 10.2. The molecule has 0 bridgehead atoms. The van der Waals surface area contributed by atoms with Gasteiger partial charge in [0.1, 0.15) is 0 Å². The van der Waals surface area contributed by atoms with Gasteiger partial charge in [-0.05, 0) is 25.3 Å². The SMILES string of the molecule is CCCCCCCCCCCCCCC(=O)[O-].Cc1ccc(C(=O)[O-])cc1.[CH2]CCC.[CH2]CCC.[Sn+2]. The summed E-state index contributed by atoms with van der Waals surface area (Å²) in [6, 6.07) is 6.55. The van der Waals surface area contributed by atoms with Crippen molar-refractivity contribution >= 4 is 35.8 Å². The molecule has 1 rings (SSSR count). The third-order valence-electron chi connectivity index (χ3n) is 5.23. The van der Waals surface area contributed by atoms with Gasteiger partial charge in [0, 0.05) is 5.97 Å². The Morgan fingerprint density at radius 2 is 0.972 bits per heavy atom. The van der Waals surface area contributed by atoms with E-state index in [1.165, 1.54) is 89.2 Å². The molecule has 0 aromatic heterocycles. The Morgan fingerprint density at radius 3 is 1.25 bits per heavy atom. The number of hydrogen-bond donors (Lipinski definition) is 0. The Labute approximate surface area is 241 Å². The molecule has 0 heterocycles. The zero-order valence-corrected chi connectivity index (χ0v) is 26.7. The minimum absolute atomic E-state index is 0. The van der Waals surface area contributed by atoms with E-state index < -0.39 is 11.9 Å². The number of aromatic carboxylic acids is 1. The smallest absolute Gasteiger partial charge is 0.550 e. The summed E-state index contributed by atoms with van der Waals surface area (Å²) in [5.41, 5.74) is 1.27. The van der Waals surface area contributed by atoms with Crippen molar-refractivity contribution in [2.75, 3.05) is 0 Å². The standard InChI is InChI=1S/C15H30O2.C8H8O2.2C4H9.Sn/c1-2-3-4-5-6-7-8-9-10-11-12-13-14-15(16)17;1-6-2-4-7(5-3-6)8(9)10;2*1-3-4-2;/h2-14H2,1H3,(H,16,17);2-5H,1H3,(H,9,10);2*1,3-4H2,2H3;/q;;;;+2/p-2. The van der Waals surface area contributed by atoms with Crippen molar-refractivity contribution in [3.8, 4) is 0 Å². The molecule has 0 aliphatic carbocycles.